The largest absolute Gasteiger partial charge is 0.384 e. The first-order valence-electron chi connectivity index (χ1n) is 9.63. The van der Waals surface area contributed by atoms with Crippen molar-refractivity contribution in [3.05, 3.63) is 71.3 Å². The van der Waals surface area contributed by atoms with Crippen molar-refractivity contribution in [1.82, 2.24) is 15.4 Å². The molecule has 0 aliphatic heterocycles. The van der Waals surface area contributed by atoms with Crippen LogP contribution in [-0.4, -0.2) is 44.9 Å². The van der Waals surface area contributed by atoms with E-state index < -0.39 is 27.9 Å². The van der Waals surface area contributed by atoms with Gasteiger partial charge in [0.05, 0.1) is 12.8 Å². The quantitative estimate of drug-likeness (QED) is 0.248. The topological polar surface area (TPSA) is 154 Å². The first-order valence-corrected chi connectivity index (χ1v) is 11.5. The Morgan fingerprint density at radius 3 is 2.23 bits per heavy atom. The molecule has 0 radical (unpaired) electrons. The summed E-state index contributed by atoms with van der Waals surface area (Å²) in [5.41, 5.74) is 7.77. The van der Waals surface area contributed by atoms with E-state index in [1.165, 1.54) is 0 Å². The van der Waals surface area contributed by atoms with Gasteiger partial charge in [0, 0.05) is 12.1 Å². The average Bonchev–Trinajstić information content (AvgIpc) is 2.73. The number of nitrogen functional groups attached to an aromatic ring is 1. The summed E-state index contributed by atoms with van der Waals surface area (Å²) in [5.74, 6) is -1.02. The van der Waals surface area contributed by atoms with E-state index in [9.17, 15) is 18.0 Å². The fourth-order valence-electron chi connectivity index (χ4n) is 2.81. The van der Waals surface area contributed by atoms with Crippen LogP contribution in [0.3, 0.4) is 0 Å². The Morgan fingerprint density at radius 2 is 1.65 bits per heavy atom. The molecule has 2 aromatic rings. The minimum absolute atomic E-state index is 0.0391. The number of nitrogens with one attached hydrogen (secondary N) is 4. The number of carbonyl (C=O) groups is 2. The van der Waals surface area contributed by atoms with Crippen molar-refractivity contribution in [2.45, 2.75) is 25.4 Å². The highest BCUT2D eigenvalue weighted by Gasteiger charge is 2.22. The van der Waals surface area contributed by atoms with Crippen molar-refractivity contribution < 1.29 is 18.0 Å². The number of sulfonamides is 1. The highest BCUT2D eigenvalue weighted by molar-refractivity contribution is 7.88. The van der Waals surface area contributed by atoms with Gasteiger partial charge in [-0.25, -0.2) is 13.1 Å². The zero-order valence-corrected chi connectivity index (χ0v) is 18.0. The first-order chi connectivity index (χ1) is 14.6. The second-order valence-corrected chi connectivity index (χ2v) is 8.85. The maximum Gasteiger partial charge on any atom is 0.239 e. The summed E-state index contributed by atoms with van der Waals surface area (Å²) in [5, 5.41) is 12.5. The lowest BCUT2D eigenvalue weighted by Gasteiger charge is -2.17. The number of hydrogen-bond donors (Lipinski definition) is 5. The molecule has 31 heavy (non-hydrogen) atoms. The first kappa shape index (κ1) is 24.0. The van der Waals surface area contributed by atoms with E-state index in [0.29, 0.717) is 12.0 Å². The van der Waals surface area contributed by atoms with Gasteiger partial charge in [0.25, 0.3) is 0 Å². The number of benzene rings is 2. The molecule has 2 amide bonds. The van der Waals surface area contributed by atoms with Gasteiger partial charge in [-0.05, 0) is 24.0 Å². The van der Waals surface area contributed by atoms with Crippen LogP contribution >= 0.6 is 0 Å². The summed E-state index contributed by atoms with van der Waals surface area (Å²) in [4.78, 5) is 24.5. The van der Waals surface area contributed by atoms with Crippen LogP contribution in [0.1, 0.15) is 23.1 Å². The number of amidine groups is 1. The summed E-state index contributed by atoms with van der Waals surface area (Å²) in [7, 11) is -3.60. The smallest absolute Gasteiger partial charge is 0.239 e. The Labute approximate surface area is 182 Å². The van der Waals surface area contributed by atoms with Crippen molar-refractivity contribution >= 4 is 27.7 Å². The highest BCUT2D eigenvalue weighted by atomic mass is 32.2. The van der Waals surface area contributed by atoms with Gasteiger partial charge >= 0.3 is 0 Å². The van der Waals surface area contributed by atoms with Gasteiger partial charge in [-0.1, -0.05) is 54.6 Å². The van der Waals surface area contributed by atoms with Gasteiger partial charge in [-0.2, -0.15) is 0 Å². The number of amides is 2. The van der Waals surface area contributed by atoms with Crippen molar-refractivity contribution in [2.75, 3.05) is 12.8 Å². The third-order valence-electron chi connectivity index (χ3n) is 4.42. The molecule has 0 unspecified atom stereocenters. The molecular weight excluding hydrogens is 418 g/mol. The monoisotopic (exact) mass is 445 g/mol. The third kappa shape index (κ3) is 8.97. The van der Waals surface area contributed by atoms with Gasteiger partial charge in [0.1, 0.15) is 11.9 Å². The molecule has 0 aliphatic carbocycles. The van der Waals surface area contributed by atoms with Crippen LogP contribution < -0.4 is 21.1 Å². The molecule has 1 atom stereocenters. The Morgan fingerprint density at radius 1 is 1.00 bits per heavy atom. The summed E-state index contributed by atoms with van der Waals surface area (Å²) in [6.07, 6.45) is 1.75. The molecule has 0 spiro atoms. The van der Waals surface area contributed by atoms with Crippen LogP contribution in [0.2, 0.25) is 0 Å². The Kier molecular flexibility index (Phi) is 8.71. The maximum absolute atomic E-state index is 12.5. The zero-order chi connectivity index (χ0) is 22.9. The molecular formula is C21H27N5O4S. The predicted octanol–water partition coefficient (Wildman–Crippen LogP) is 0.254. The summed E-state index contributed by atoms with van der Waals surface area (Å²) in [6.45, 7) is -0.0381. The molecule has 6 N–H and O–H groups in total. The second-order valence-electron chi connectivity index (χ2n) is 7.07. The van der Waals surface area contributed by atoms with E-state index in [-0.39, 0.29) is 25.3 Å². The summed E-state index contributed by atoms with van der Waals surface area (Å²) < 4.78 is 25.6. The number of nitrogens with two attached hydrogens (primary N) is 1. The molecule has 2 aromatic carbocycles. The van der Waals surface area contributed by atoms with Crippen molar-refractivity contribution in [3.63, 3.8) is 0 Å². The van der Waals surface area contributed by atoms with E-state index in [1.807, 2.05) is 30.3 Å². The van der Waals surface area contributed by atoms with Crippen LogP contribution in [0.25, 0.3) is 0 Å². The van der Waals surface area contributed by atoms with Gasteiger partial charge in [-0.3, -0.25) is 15.0 Å². The summed E-state index contributed by atoms with van der Waals surface area (Å²) in [6, 6.07) is 15.3. The van der Waals surface area contributed by atoms with Crippen molar-refractivity contribution in [1.29, 1.82) is 5.41 Å². The molecule has 166 valence electrons. The second kappa shape index (κ2) is 11.2. The number of carbonyl (C=O) groups excluding carboxylic acids is 2. The molecule has 0 fully saturated rings. The van der Waals surface area contributed by atoms with E-state index in [2.05, 4.69) is 15.4 Å². The SMILES string of the molecule is CS(=O)(=O)N[C@H](CCc1ccccc1)C(=O)NCC(=O)NCc1ccc(C(=N)N)cc1. The van der Waals surface area contributed by atoms with Crippen LogP contribution in [0.4, 0.5) is 0 Å². The van der Waals surface area contributed by atoms with E-state index in [1.54, 1.807) is 24.3 Å². The molecule has 0 aromatic heterocycles. The lowest BCUT2D eigenvalue weighted by molar-refractivity contribution is -0.127. The maximum atomic E-state index is 12.5. The van der Waals surface area contributed by atoms with Gasteiger partial charge < -0.3 is 16.4 Å². The lowest BCUT2D eigenvalue weighted by atomic mass is 10.1. The van der Waals surface area contributed by atoms with E-state index in [0.717, 1.165) is 17.4 Å². The van der Waals surface area contributed by atoms with Crippen molar-refractivity contribution in [3.8, 4) is 0 Å². The molecule has 2 rings (SSSR count). The molecule has 0 saturated carbocycles. The number of hydrogen-bond acceptors (Lipinski definition) is 5. The Hall–Kier alpha value is -3.24. The highest BCUT2D eigenvalue weighted by Crippen LogP contribution is 2.06. The van der Waals surface area contributed by atoms with E-state index in [4.69, 9.17) is 11.1 Å². The Balaban J connectivity index is 1.85. The van der Waals surface area contributed by atoms with Crippen LogP contribution in [0.5, 0.6) is 0 Å². The molecule has 0 bridgehead atoms. The minimum atomic E-state index is -3.60. The van der Waals surface area contributed by atoms with Crippen LogP contribution in [0.15, 0.2) is 54.6 Å². The lowest BCUT2D eigenvalue weighted by Crippen LogP contribution is -2.48. The van der Waals surface area contributed by atoms with Gasteiger partial charge in [0.15, 0.2) is 0 Å². The molecule has 0 aliphatic rings. The summed E-state index contributed by atoms with van der Waals surface area (Å²) >= 11 is 0. The van der Waals surface area contributed by atoms with Crippen LogP contribution in [0, 0.1) is 5.41 Å². The molecule has 10 heteroatoms. The zero-order valence-electron chi connectivity index (χ0n) is 17.2. The minimum Gasteiger partial charge on any atom is -0.384 e. The van der Waals surface area contributed by atoms with Gasteiger partial charge in [0.2, 0.25) is 21.8 Å². The van der Waals surface area contributed by atoms with Gasteiger partial charge in [-0.15, -0.1) is 0 Å². The molecule has 0 saturated heterocycles. The van der Waals surface area contributed by atoms with E-state index >= 15 is 0 Å². The standard InChI is InChI=1S/C21H27N5O4S/c1-31(29,30)26-18(12-9-15-5-3-2-4-6-15)21(28)25-14-19(27)24-13-16-7-10-17(11-8-16)20(22)23/h2-8,10-11,18,26H,9,12-14H2,1H3,(H3,22,23)(H,24,27)(H,25,28)/t18-/m1/s1. The number of aryl methyl sites for hydroxylation is 1. The predicted molar refractivity (Wildman–Crippen MR) is 119 cm³/mol. The fraction of sp³-hybridized carbons (Fsp3) is 0.286. The normalized spacial score (nSPS) is 12.0. The third-order valence-corrected chi connectivity index (χ3v) is 5.13. The van der Waals surface area contributed by atoms with Crippen molar-refractivity contribution in [2.24, 2.45) is 5.73 Å². The molecule has 0 heterocycles. The average molecular weight is 446 g/mol. The number of rotatable bonds is 11. The Bertz CT molecular complexity index is 1010. The van der Waals surface area contributed by atoms with Crippen LogP contribution in [-0.2, 0) is 32.6 Å². The molecule has 9 nitrogen and oxygen atoms in total. The fourth-order valence-corrected chi connectivity index (χ4v) is 3.56.